The number of hydrogen-bond acceptors (Lipinski definition) is 3. The van der Waals surface area contributed by atoms with Gasteiger partial charge in [-0.2, -0.15) is 5.10 Å². The van der Waals surface area contributed by atoms with Crippen LogP contribution in [0.2, 0.25) is 0 Å². The molecule has 0 bridgehead atoms. The van der Waals surface area contributed by atoms with Crippen LogP contribution in [0, 0.1) is 20.8 Å². The molecule has 1 heterocycles. The molecule has 5 heteroatoms. The Morgan fingerprint density at radius 2 is 1.69 bits per heavy atom. The van der Waals surface area contributed by atoms with Gasteiger partial charge in [-0.15, -0.1) is 11.8 Å². The highest BCUT2D eigenvalue weighted by Crippen LogP contribution is 2.26. The van der Waals surface area contributed by atoms with Crippen molar-refractivity contribution < 1.29 is 4.79 Å². The van der Waals surface area contributed by atoms with Gasteiger partial charge in [-0.25, -0.2) is 4.68 Å². The van der Waals surface area contributed by atoms with E-state index in [1.165, 1.54) is 28.1 Å². The molecule has 0 aliphatic rings. The quantitative estimate of drug-likeness (QED) is 0.438. The zero-order valence-corrected chi connectivity index (χ0v) is 17.6. The van der Waals surface area contributed by atoms with Crippen molar-refractivity contribution in [3.05, 3.63) is 83.7 Å². The number of carbonyl (C=O) groups excluding carboxylic acids is 1. The molecule has 0 fully saturated rings. The largest absolute Gasteiger partial charge is 0.322 e. The summed E-state index contributed by atoms with van der Waals surface area (Å²) in [5, 5.41) is 10.0. The average Bonchev–Trinajstić information content (AvgIpc) is 3.01. The Bertz CT molecular complexity index is 1180. The van der Waals surface area contributed by atoms with Gasteiger partial charge in [0.15, 0.2) is 0 Å². The molecule has 0 unspecified atom stereocenters. The fraction of sp³-hybridized carbons (Fsp3) is 0.167. The van der Waals surface area contributed by atoms with Crippen molar-refractivity contribution in [1.29, 1.82) is 0 Å². The minimum atomic E-state index is -0.0298. The van der Waals surface area contributed by atoms with Crippen molar-refractivity contribution in [3.8, 4) is 5.69 Å². The molecule has 1 N–H and O–H groups in total. The smallest absolute Gasteiger partial charge is 0.234 e. The van der Waals surface area contributed by atoms with E-state index in [4.69, 9.17) is 0 Å². The van der Waals surface area contributed by atoms with E-state index in [1.807, 2.05) is 42.8 Å². The van der Waals surface area contributed by atoms with Crippen LogP contribution in [0.25, 0.3) is 16.5 Å². The van der Waals surface area contributed by atoms with Gasteiger partial charge in [-0.05, 0) is 55.8 Å². The second-order valence-corrected chi connectivity index (χ2v) is 8.19. The molecule has 4 rings (SSSR count). The number of aryl methyl sites for hydroxylation is 2. The van der Waals surface area contributed by atoms with Gasteiger partial charge in [-0.3, -0.25) is 4.79 Å². The zero-order valence-electron chi connectivity index (χ0n) is 16.8. The van der Waals surface area contributed by atoms with Gasteiger partial charge >= 0.3 is 0 Å². The lowest BCUT2D eigenvalue weighted by atomic mass is 10.1. The highest BCUT2D eigenvalue weighted by atomic mass is 32.2. The lowest BCUT2D eigenvalue weighted by Gasteiger charge is -2.08. The predicted molar refractivity (Wildman–Crippen MR) is 121 cm³/mol. The van der Waals surface area contributed by atoms with Crippen molar-refractivity contribution in [2.24, 2.45) is 0 Å². The summed E-state index contributed by atoms with van der Waals surface area (Å²) in [6.45, 7) is 5.96. The van der Waals surface area contributed by atoms with Crippen molar-refractivity contribution in [2.45, 2.75) is 25.7 Å². The van der Waals surface area contributed by atoms with E-state index in [0.29, 0.717) is 5.75 Å². The Morgan fingerprint density at radius 1 is 0.966 bits per heavy atom. The standard InChI is InChI=1S/C24H23N3OS/c1-16-8-11-21(12-9-16)27-18(3)24(17(2)26-27)25-23(28)15-29-22-13-10-19-6-4-5-7-20(19)14-22/h4-14H,15H2,1-3H3,(H,25,28). The third kappa shape index (κ3) is 4.20. The lowest BCUT2D eigenvalue weighted by molar-refractivity contribution is -0.113. The van der Waals surface area contributed by atoms with Crippen molar-refractivity contribution in [1.82, 2.24) is 9.78 Å². The molecule has 0 radical (unpaired) electrons. The molecular formula is C24H23N3OS. The maximum absolute atomic E-state index is 12.6. The molecule has 1 aromatic heterocycles. The maximum atomic E-state index is 12.6. The second kappa shape index (κ2) is 8.13. The van der Waals surface area contributed by atoms with Crippen molar-refractivity contribution >= 4 is 34.1 Å². The third-order valence-corrected chi connectivity index (χ3v) is 5.92. The van der Waals surface area contributed by atoms with Crippen LogP contribution in [0.15, 0.2) is 71.6 Å². The van der Waals surface area contributed by atoms with Crippen molar-refractivity contribution in [2.75, 3.05) is 11.1 Å². The summed E-state index contributed by atoms with van der Waals surface area (Å²) in [5.41, 5.74) is 4.72. The second-order valence-electron chi connectivity index (χ2n) is 7.14. The van der Waals surface area contributed by atoms with Crippen LogP contribution < -0.4 is 5.32 Å². The Labute approximate surface area is 174 Å². The summed E-state index contributed by atoms with van der Waals surface area (Å²) >= 11 is 1.54. The molecule has 0 aliphatic carbocycles. The van der Waals surface area contributed by atoms with Gasteiger partial charge in [0.05, 0.1) is 28.5 Å². The number of carbonyl (C=O) groups is 1. The van der Waals surface area contributed by atoms with E-state index in [0.717, 1.165) is 27.7 Å². The number of benzene rings is 3. The zero-order chi connectivity index (χ0) is 20.4. The first kappa shape index (κ1) is 19.3. The summed E-state index contributed by atoms with van der Waals surface area (Å²) < 4.78 is 1.88. The van der Waals surface area contributed by atoms with Gasteiger partial charge in [0.1, 0.15) is 0 Å². The molecule has 0 saturated carbocycles. The van der Waals surface area contributed by atoms with Gasteiger partial charge in [0, 0.05) is 4.90 Å². The van der Waals surface area contributed by atoms with Crippen LogP contribution in [0.5, 0.6) is 0 Å². The van der Waals surface area contributed by atoms with E-state index >= 15 is 0 Å². The number of anilines is 1. The average molecular weight is 402 g/mol. The summed E-state index contributed by atoms with van der Waals surface area (Å²) in [5.74, 6) is 0.324. The molecule has 0 saturated heterocycles. The topological polar surface area (TPSA) is 46.9 Å². The van der Waals surface area contributed by atoms with Crippen LogP contribution in [-0.2, 0) is 4.79 Å². The highest BCUT2D eigenvalue weighted by molar-refractivity contribution is 8.00. The Morgan fingerprint density at radius 3 is 2.45 bits per heavy atom. The number of aromatic nitrogens is 2. The van der Waals surface area contributed by atoms with E-state index in [9.17, 15) is 4.79 Å². The number of rotatable bonds is 5. The molecule has 4 nitrogen and oxygen atoms in total. The molecule has 3 aromatic carbocycles. The Hall–Kier alpha value is -3.05. The van der Waals surface area contributed by atoms with Gasteiger partial charge < -0.3 is 5.32 Å². The molecule has 4 aromatic rings. The summed E-state index contributed by atoms with van der Waals surface area (Å²) in [4.78, 5) is 13.7. The van der Waals surface area contributed by atoms with Crippen LogP contribution >= 0.6 is 11.8 Å². The molecule has 29 heavy (non-hydrogen) atoms. The first-order valence-electron chi connectivity index (χ1n) is 9.56. The van der Waals surface area contributed by atoms with Gasteiger partial charge in [0.2, 0.25) is 5.91 Å². The summed E-state index contributed by atoms with van der Waals surface area (Å²) in [7, 11) is 0. The van der Waals surface area contributed by atoms with Crippen LogP contribution in [0.3, 0.4) is 0 Å². The van der Waals surface area contributed by atoms with Crippen molar-refractivity contribution in [3.63, 3.8) is 0 Å². The lowest BCUT2D eigenvalue weighted by Crippen LogP contribution is -2.15. The predicted octanol–water partition coefficient (Wildman–Crippen LogP) is 5.68. The number of fused-ring (bicyclic) bond motifs is 1. The monoisotopic (exact) mass is 401 g/mol. The van der Waals surface area contributed by atoms with Crippen LogP contribution in [0.1, 0.15) is 17.0 Å². The molecule has 0 atom stereocenters. The van der Waals surface area contributed by atoms with E-state index in [-0.39, 0.29) is 5.91 Å². The van der Waals surface area contributed by atoms with Gasteiger partial charge in [0.25, 0.3) is 0 Å². The summed E-state index contributed by atoms with van der Waals surface area (Å²) in [6.07, 6.45) is 0. The number of amides is 1. The number of hydrogen-bond donors (Lipinski definition) is 1. The molecular weight excluding hydrogens is 378 g/mol. The number of nitrogens with zero attached hydrogens (tertiary/aromatic N) is 2. The van der Waals surface area contributed by atoms with Crippen LogP contribution in [-0.4, -0.2) is 21.4 Å². The first-order valence-corrected chi connectivity index (χ1v) is 10.5. The normalized spacial score (nSPS) is 11.0. The maximum Gasteiger partial charge on any atom is 0.234 e. The fourth-order valence-corrected chi connectivity index (χ4v) is 4.09. The molecule has 1 amide bonds. The molecule has 0 spiro atoms. The minimum absolute atomic E-state index is 0.0298. The minimum Gasteiger partial charge on any atom is -0.322 e. The van der Waals surface area contributed by atoms with Crippen LogP contribution in [0.4, 0.5) is 5.69 Å². The Balaban J connectivity index is 1.46. The molecule has 0 aliphatic heterocycles. The third-order valence-electron chi connectivity index (χ3n) is 4.93. The number of nitrogens with one attached hydrogen (secondary N) is 1. The van der Waals surface area contributed by atoms with E-state index < -0.39 is 0 Å². The SMILES string of the molecule is Cc1ccc(-n2nc(C)c(NC(=O)CSc3ccc4ccccc4c3)c2C)cc1. The van der Waals surface area contributed by atoms with E-state index in [1.54, 1.807) is 0 Å². The summed E-state index contributed by atoms with van der Waals surface area (Å²) in [6, 6.07) is 22.7. The van der Waals surface area contributed by atoms with Gasteiger partial charge in [-0.1, -0.05) is 48.0 Å². The first-order chi connectivity index (χ1) is 14.0. The molecule has 146 valence electrons. The highest BCUT2D eigenvalue weighted by Gasteiger charge is 2.15. The Kier molecular flexibility index (Phi) is 5.41. The van der Waals surface area contributed by atoms with E-state index in [2.05, 4.69) is 59.8 Å². The fourth-order valence-electron chi connectivity index (χ4n) is 3.34. The number of thioether (sulfide) groups is 1.